The second-order valence-corrected chi connectivity index (χ2v) is 3.67. The van der Waals surface area contributed by atoms with Crippen molar-refractivity contribution < 1.29 is 15.0 Å². The van der Waals surface area contributed by atoms with E-state index in [1.165, 1.54) is 0 Å². The quantitative estimate of drug-likeness (QED) is 0.777. The molecule has 2 N–H and O–H groups in total. The SMILES string of the molecule is Cc1ccccc1[C@H](CO)CCC(=O)O. The summed E-state index contributed by atoms with van der Waals surface area (Å²) in [4.78, 5) is 10.5. The van der Waals surface area contributed by atoms with Gasteiger partial charge in [0, 0.05) is 18.9 Å². The van der Waals surface area contributed by atoms with Crippen LogP contribution in [0.3, 0.4) is 0 Å². The van der Waals surface area contributed by atoms with Crippen molar-refractivity contribution in [2.45, 2.75) is 25.7 Å². The minimum atomic E-state index is -0.818. The van der Waals surface area contributed by atoms with Crippen LogP contribution < -0.4 is 0 Å². The molecule has 1 atom stereocenters. The van der Waals surface area contributed by atoms with Gasteiger partial charge in [0.15, 0.2) is 0 Å². The molecule has 0 aromatic heterocycles. The normalized spacial score (nSPS) is 12.4. The van der Waals surface area contributed by atoms with Crippen molar-refractivity contribution in [3.05, 3.63) is 35.4 Å². The van der Waals surface area contributed by atoms with E-state index in [9.17, 15) is 9.90 Å². The topological polar surface area (TPSA) is 57.5 Å². The van der Waals surface area contributed by atoms with Gasteiger partial charge in [0.05, 0.1) is 0 Å². The number of carboxylic acids is 1. The Morgan fingerprint density at radius 3 is 2.60 bits per heavy atom. The van der Waals surface area contributed by atoms with Crippen molar-refractivity contribution >= 4 is 5.97 Å². The van der Waals surface area contributed by atoms with Crippen LogP contribution in [0.5, 0.6) is 0 Å². The molecule has 0 radical (unpaired) electrons. The molecule has 0 unspecified atom stereocenters. The first-order chi connectivity index (χ1) is 7.15. The van der Waals surface area contributed by atoms with Gasteiger partial charge in [-0.15, -0.1) is 0 Å². The van der Waals surface area contributed by atoms with Gasteiger partial charge in [0.2, 0.25) is 0 Å². The Labute approximate surface area is 89.4 Å². The zero-order chi connectivity index (χ0) is 11.3. The molecule has 0 amide bonds. The molecule has 0 heterocycles. The number of benzene rings is 1. The van der Waals surface area contributed by atoms with Crippen molar-refractivity contribution in [1.29, 1.82) is 0 Å². The zero-order valence-corrected chi connectivity index (χ0v) is 8.81. The Kier molecular flexibility index (Phi) is 4.31. The smallest absolute Gasteiger partial charge is 0.303 e. The van der Waals surface area contributed by atoms with Gasteiger partial charge in [0.1, 0.15) is 0 Å². The average Bonchev–Trinajstić information content (AvgIpc) is 2.21. The lowest BCUT2D eigenvalue weighted by Gasteiger charge is -2.15. The fourth-order valence-corrected chi connectivity index (χ4v) is 1.69. The monoisotopic (exact) mass is 208 g/mol. The molecule has 1 aromatic carbocycles. The van der Waals surface area contributed by atoms with Gasteiger partial charge >= 0.3 is 5.97 Å². The van der Waals surface area contributed by atoms with E-state index in [-0.39, 0.29) is 18.9 Å². The predicted octanol–water partition coefficient (Wildman–Crippen LogP) is 1.94. The molecule has 0 spiro atoms. The minimum absolute atomic E-state index is 0.00185. The van der Waals surface area contributed by atoms with Crippen molar-refractivity contribution in [2.75, 3.05) is 6.61 Å². The maximum atomic E-state index is 10.5. The molecule has 3 nitrogen and oxygen atoms in total. The molecule has 0 saturated carbocycles. The maximum Gasteiger partial charge on any atom is 0.303 e. The van der Waals surface area contributed by atoms with Gasteiger partial charge < -0.3 is 10.2 Å². The van der Waals surface area contributed by atoms with Crippen molar-refractivity contribution in [1.82, 2.24) is 0 Å². The Morgan fingerprint density at radius 1 is 1.40 bits per heavy atom. The number of hydrogen-bond donors (Lipinski definition) is 2. The molecule has 1 rings (SSSR count). The first kappa shape index (κ1) is 11.7. The van der Waals surface area contributed by atoms with Gasteiger partial charge in [-0.05, 0) is 24.5 Å². The highest BCUT2D eigenvalue weighted by atomic mass is 16.4. The number of aliphatic carboxylic acids is 1. The van der Waals surface area contributed by atoms with Crippen LogP contribution in [0.1, 0.15) is 29.9 Å². The molecule has 0 bridgehead atoms. The van der Waals surface area contributed by atoms with Gasteiger partial charge in [-0.1, -0.05) is 24.3 Å². The molecule has 0 aliphatic rings. The van der Waals surface area contributed by atoms with Crippen LogP contribution in [0.25, 0.3) is 0 Å². The van der Waals surface area contributed by atoms with E-state index >= 15 is 0 Å². The maximum absolute atomic E-state index is 10.5. The Hall–Kier alpha value is -1.35. The van der Waals surface area contributed by atoms with Crippen molar-refractivity contribution in [2.24, 2.45) is 0 Å². The van der Waals surface area contributed by atoms with E-state index < -0.39 is 5.97 Å². The van der Waals surface area contributed by atoms with E-state index in [2.05, 4.69) is 0 Å². The lowest BCUT2D eigenvalue weighted by atomic mass is 9.92. The molecule has 0 fully saturated rings. The Balaban J connectivity index is 2.74. The number of carbonyl (C=O) groups is 1. The van der Waals surface area contributed by atoms with Gasteiger partial charge in [-0.25, -0.2) is 0 Å². The number of aryl methyl sites for hydroxylation is 1. The Bertz CT molecular complexity index is 333. The first-order valence-corrected chi connectivity index (χ1v) is 5.03. The summed E-state index contributed by atoms with van der Waals surface area (Å²) in [5.74, 6) is -0.885. The third-order valence-electron chi connectivity index (χ3n) is 2.56. The Morgan fingerprint density at radius 2 is 2.07 bits per heavy atom. The molecular weight excluding hydrogens is 192 g/mol. The summed E-state index contributed by atoms with van der Waals surface area (Å²) < 4.78 is 0. The second kappa shape index (κ2) is 5.51. The van der Waals surface area contributed by atoms with Crippen molar-refractivity contribution in [3.8, 4) is 0 Å². The highest BCUT2D eigenvalue weighted by Gasteiger charge is 2.13. The van der Waals surface area contributed by atoms with Gasteiger partial charge in [-0.2, -0.15) is 0 Å². The number of carboxylic acid groups (broad SMARTS) is 1. The molecule has 0 saturated heterocycles. The van der Waals surface area contributed by atoms with E-state index in [1.54, 1.807) is 0 Å². The van der Waals surface area contributed by atoms with E-state index in [0.29, 0.717) is 6.42 Å². The van der Waals surface area contributed by atoms with Crippen LogP contribution in [0.2, 0.25) is 0 Å². The summed E-state index contributed by atoms with van der Waals surface area (Å²) in [5, 5.41) is 17.8. The second-order valence-electron chi connectivity index (χ2n) is 3.67. The summed E-state index contributed by atoms with van der Waals surface area (Å²) in [6, 6.07) is 7.76. The molecule has 3 heteroatoms. The van der Waals surface area contributed by atoms with E-state index in [0.717, 1.165) is 11.1 Å². The average molecular weight is 208 g/mol. The molecule has 15 heavy (non-hydrogen) atoms. The van der Waals surface area contributed by atoms with E-state index in [4.69, 9.17) is 5.11 Å². The van der Waals surface area contributed by atoms with Crippen LogP contribution in [0.15, 0.2) is 24.3 Å². The van der Waals surface area contributed by atoms with Crippen LogP contribution in [0.4, 0.5) is 0 Å². The van der Waals surface area contributed by atoms with Gasteiger partial charge in [-0.3, -0.25) is 4.79 Å². The molecule has 0 aliphatic carbocycles. The third kappa shape index (κ3) is 3.36. The highest BCUT2D eigenvalue weighted by molar-refractivity contribution is 5.66. The van der Waals surface area contributed by atoms with Crippen molar-refractivity contribution in [3.63, 3.8) is 0 Å². The fourth-order valence-electron chi connectivity index (χ4n) is 1.69. The standard InChI is InChI=1S/C12H16O3/c1-9-4-2-3-5-11(9)10(8-13)6-7-12(14)15/h2-5,10,13H,6-8H2,1H3,(H,14,15)/t10-/m0/s1. The molecule has 82 valence electrons. The summed E-state index contributed by atoms with van der Waals surface area (Å²) in [6.45, 7) is 1.97. The third-order valence-corrected chi connectivity index (χ3v) is 2.56. The lowest BCUT2D eigenvalue weighted by Crippen LogP contribution is -2.08. The zero-order valence-electron chi connectivity index (χ0n) is 8.81. The van der Waals surface area contributed by atoms with Crippen LogP contribution in [-0.4, -0.2) is 22.8 Å². The summed E-state index contributed by atoms with van der Waals surface area (Å²) in [7, 11) is 0. The largest absolute Gasteiger partial charge is 0.481 e. The summed E-state index contributed by atoms with van der Waals surface area (Å²) >= 11 is 0. The van der Waals surface area contributed by atoms with Crippen LogP contribution in [0, 0.1) is 6.92 Å². The molecule has 1 aromatic rings. The van der Waals surface area contributed by atoms with E-state index in [1.807, 2.05) is 31.2 Å². The number of aliphatic hydroxyl groups excluding tert-OH is 1. The number of hydrogen-bond acceptors (Lipinski definition) is 2. The number of rotatable bonds is 5. The summed E-state index contributed by atoms with van der Waals surface area (Å²) in [5.41, 5.74) is 2.14. The van der Waals surface area contributed by atoms with Crippen LogP contribution >= 0.6 is 0 Å². The minimum Gasteiger partial charge on any atom is -0.481 e. The summed E-state index contributed by atoms with van der Waals surface area (Å²) in [6.07, 6.45) is 0.580. The first-order valence-electron chi connectivity index (χ1n) is 5.03. The number of aliphatic hydroxyl groups is 1. The van der Waals surface area contributed by atoms with Crippen LogP contribution in [-0.2, 0) is 4.79 Å². The fraction of sp³-hybridized carbons (Fsp3) is 0.417. The van der Waals surface area contributed by atoms with Gasteiger partial charge in [0.25, 0.3) is 0 Å². The molecular formula is C12H16O3. The highest BCUT2D eigenvalue weighted by Crippen LogP contribution is 2.23. The lowest BCUT2D eigenvalue weighted by molar-refractivity contribution is -0.137. The predicted molar refractivity (Wildman–Crippen MR) is 57.9 cm³/mol. The molecule has 0 aliphatic heterocycles.